The molecule has 2 heteroatoms. The molecule has 3 fully saturated rings. The first kappa shape index (κ1) is 23.8. The van der Waals surface area contributed by atoms with Crippen LogP contribution in [0.4, 0.5) is 0 Å². The van der Waals surface area contributed by atoms with Crippen LogP contribution in [0.5, 0.6) is 0 Å². The van der Waals surface area contributed by atoms with E-state index in [1.807, 2.05) is 7.11 Å². The van der Waals surface area contributed by atoms with Gasteiger partial charge in [-0.3, -0.25) is 0 Å². The maximum Gasteiger partial charge on any atom is 0.0784 e. The Kier molecular flexibility index (Phi) is 7.72. The fourth-order valence-corrected chi connectivity index (χ4v) is 6.73. The number of allylic oxidation sites excluding steroid dienone is 3. The molecule has 0 aromatic heterocycles. The molecular formula is C28H46O2. The molecule has 2 nitrogen and oxygen atoms in total. The van der Waals surface area contributed by atoms with Crippen LogP contribution in [-0.2, 0) is 4.74 Å². The minimum atomic E-state index is -0.334. The van der Waals surface area contributed by atoms with E-state index >= 15 is 0 Å². The normalized spacial score (nSPS) is 36.3. The Hall–Kier alpha value is -0.860. The van der Waals surface area contributed by atoms with Crippen LogP contribution in [0, 0.1) is 23.2 Å². The molecule has 0 unspecified atom stereocenters. The van der Waals surface area contributed by atoms with E-state index in [9.17, 15) is 5.11 Å². The summed E-state index contributed by atoms with van der Waals surface area (Å²) in [4.78, 5) is 0. The monoisotopic (exact) mass is 414 g/mol. The lowest BCUT2D eigenvalue weighted by molar-refractivity contribution is 0.0108. The lowest BCUT2D eigenvalue weighted by atomic mass is 9.60. The lowest BCUT2D eigenvalue weighted by Gasteiger charge is -2.44. The van der Waals surface area contributed by atoms with Crippen molar-refractivity contribution in [3.05, 3.63) is 35.5 Å². The van der Waals surface area contributed by atoms with Crippen molar-refractivity contribution in [3.8, 4) is 0 Å². The molecular weight excluding hydrogens is 368 g/mol. The molecule has 0 heterocycles. The molecule has 5 atom stereocenters. The van der Waals surface area contributed by atoms with Gasteiger partial charge in [0, 0.05) is 7.11 Å². The van der Waals surface area contributed by atoms with E-state index in [1.165, 1.54) is 50.5 Å². The molecule has 3 aliphatic carbocycles. The highest BCUT2D eigenvalue weighted by Gasteiger charge is 2.50. The Morgan fingerprint density at radius 3 is 2.70 bits per heavy atom. The van der Waals surface area contributed by atoms with Crippen LogP contribution in [0.25, 0.3) is 0 Å². The minimum Gasteiger partial charge on any atom is -0.388 e. The quantitative estimate of drug-likeness (QED) is 0.440. The summed E-state index contributed by atoms with van der Waals surface area (Å²) in [5.74, 6) is 2.41. The summed E-state index contributed by atoms with van der Waals surface area (Å²) in [5, 5.41) is 10.1. The van der Waals surface area contributed by atoms with Crippen molar-refractivity contribution < 1.29 is 9.84 Å². The van der Waals surface area contributed by atoms with Crippen LogP contribution in [-0.4, -0.2) is 23.9 Å². The summed E-state index contributed by atoms with van der Waals surface area (Å²) < 4.78 is 5.62. The van der Waals surface area contributed by atoms with Crippen molar-refractivity contribution in [3.63, 3.8) is 0 Å². The summed E-state index contributed by atoms with van der Waals surface area (Å²) in [6.07, 6.45) is 17.7. The van der Waals surface area contributed by atoms with Gasteiger partial charge in [0.1, 0.15) is 0 Å². The molecule has 30 heavy (non-hydrogen) atoms. The highest BCUT2D eigenvalue weighted by molar-refractivity contribution is 5.28. The van der Waals surface area contributed by atoms with E-state index < -0.39 is 0 Å². The summed E-state index contributed by atoms with van der Waals surface area (Å²) in [7, 11) is 1.83. The topological polar surface area (TPSA) is 29.5 Å². The van der Waals surface area contributed by atoms with Gasteiger partial charge < -0.3 is 9.84 Å². The van der Waals surface area contributed by atoms with Gasteiger partial charge in [0.2, 0.25) is 0 Å². The van der Waals surface area contributed by atoms with Gasteiger partial charge >= 0.3 is 0 Å². The molecule has 0 radical (unpaired) electrons. The van der Waals surface area contributed by atoms with E-state index in [0.717, 1.165) is 49.0 Å². The highest BCUT2D eigenvalue weighted by atomic mass is 16.5. The molecule has 3 aliphatic rings. The van der Waals surface area contributed by atoms with Gasteiger partial charge in [-0.1, -0.05) is 56.6 Å². The Labute approximate surface area is 185 Å². The number of fused-ring (bicyclic) bond motifs is 1. The van der Waals surface area contributed by atoms with Crippen LogP contribution in [0.2, 0.25) is 0 Å². The fourth-order valence-electron chi connectivity index (χ4n) is 6.73. The number of methoxy groups -OCH3 is 1. The van der Waals surface area contributed by atoms with Crippen LogP contribution < -0.4 is 0 Å². The van der Waals surface area contributed by atoms with Gasteiger partial charge in [-0.05, 0) is 100 Å². The standard InChI is InChI=1S/C28H46O2/c1-20(9-7-17-27(3,4)30-6)24-15-16-25-23(10-8-18-28(24,25)5)14-13-22-12-11-21(2)26(29)19-22/h13-14,20,24-26,29H,2,7-12,15-19H2,1,3-6H3/b22-13-,23-14+/t20-,24+,25-,26+,28+/m0/s1. The van der Waals surface area contributed by atoms with Gasteiger partial charge in [0.15, 0.2) is 0 Å². The van der Waals surface area contributed by atoms with Crippen molar-refractivity contribution in [2.45, 2.75) is 110 Å². The first-order valence-corrected chi connectivity index (χ1v) is 12.5. The molecule has 3 saturated carbocycles. The number of rotatable bonds is 7. The van der Waals surface area contributed by atoms with Gasteiger partial charge in [-0.15, -0.1) is 0 Å². The Morgan fingerprint density at radius 2 is 2.00 bits per heavy atom. The van der Waals surface area contributed by atoms with Crippen molar-refractivity contribution in [2.24, 2.45) is 23.2 Å². The van der Waals surface area contributed by atoms with Crippen LogP contribution in [0.3, 0.4) is 0 Å². The third kappa shape index (κ3) is 5.30. The predicted molar refractivity (Wildman–Crippen MR) is 127 cm³/mol. The van der Waals surface area contributed by atoms with Gasteiger partial charge in [-0.25, -0.2) is 0 Å². The fraction of sp³-hybridized carbons (Fsp3) is 0.786. The average molecular weight is 415 g/mol. The molecule has 170 valence electrons. The van der Waals surface area contributed by atoms with Crippen molar-refractivity contribution in [1.29, 1.82) is 0 Å². The van der Waals surface area contributed by atoms with Crippen LogP contribution in [0.1, 0.15) is 98.3 Å². The van der Waals surface area contributed by atoms with Crippen molar-refractivity contribution >= 4 is 0 Å². The second-order valence-electron chi connectivity index (χ2n) is 11.4. The summed E-state index contributed by atoms with van der Waals surface area (Å²) in [6, 6.07) is 0. The largest absolute Gasteiger partial charge is 0.388 e. The average Bonchev–Trinajstić information content (AvgIpc) is 3.06. The van der Waals surface area contributed by atoms with E-state index in [-0.39, 0.29) is 11.7 Å². The Balaban J connectivity index is 1.64. The molecule has 0 saturated heterocycles. The Morgan fingerprint density at radius 1 is 1.23 bits per heavy atom. The SMILES string of the molecule is C=C1CC/C(=C/C=C2\CCC[C@]3(C)[C@@H]([C@@H](C)CCCC(C)(C)OC)CC[C@@H]23)C[C@H]1O. The Bertz CT molecular complexity index is 670. The number of ether oxygens (including phenoxy) is 1. The number of aliphatic hydroxyl groups excluding tert-OH is 1. The third-order valence-electron chi connectivity index (χ3n) is 8.94. The zero-order valence-corrected chi connectivity index (χ0v) is 20.3. The summed E-state index contributed by atoms with van der Waals surface area (Å²) >= 11 is 0. The van der Waals surface area contributed by atoms with Gasteiger partial charge in [-0.2, -0.15) is 0 Å². The molecule has 0 aliphatic heterocycles. The molecule has 0 amide bonds. The second-order valence-corrected chi connectivity index (χ2v) is 11.4. The predicted octanol–water partition coefficient (Wildman–Crippen LogP) is 7.39. The smallest absolute Gasteiger partial charge is 0.0784 e. The number of aliphatic hydroxyl groups is 1. The third-order valence-corrected chi connectivity index (χ3v) is 8.94. The zero-order valence-electron chi connectivity index (χ0n) is 20.3. The molecule has 0 aromatic rings. The van der Waals surface area contributed by atoms with Gasteiger partial charge in [0.25, 0.3) is 0 Å². The first-order chi connectivity index (χ1) is 14.2. The molecule has 1 N–H and O–H groups in total. The minimum absolute atomic E-state index is 0.00907. The van der Waals surface area contributed by atoms with Crippen LogP contribution in [0.15, 0.2) is 35.5 Å². The van der Waals surface area contributed by atoms with E-state index in [2.05, 4.69) is 46.4 Å². The molecule has 0 bridgehead atoms. The second kappa shape index (κ2) is 9.74. The van der Waals surface area contributed by atoms with Crippen molar-refractivity contribution in [2.75, 3.05) is 7.11 Å². The van der Waals surface area contributed by atoms with Gasteiger partial charge in [0.05, 0.1) is 11.7 Å². The maximum absolute atomic E-state index is 10.1. The van der Waals surface area contributed by atoms with Crippen molar-refractivity contribution in [1.82, 2.24) is 0 Å². The maximum atomic E-state index is 10.1. The first-order valence-electron chi connectivity index (χ1n) is 12.5. The van der Waals surface area contributed by atoms with E-state index in [4.69, 9.17) is 4.74 Å². The molecule has 0 spiro atoms. The number of hydrogen-bond acceptors (Lipinski definition) is 2. The molecule has 0 aromatic carbocycles. The van der Waals surface area contributed by atoms with E-state index in [0.29, 0.717) is 5.41 Å². The van der Waals surface area contributed by atoms with E-state index in [1.54, 1.807) is 5.57 Å². The summed E-state index contributed by atoms with van der Waals surface area (Å²) in [5.41, 5.74) is 4.57. The summed E-state index contributed by atoms with van der Waals surface area (Å²) in [6.45, 7) is 13.5. The zero-order chi connectivity index (χ0) is 21.9. The lowest BCUT2D eigenvalue weighted by Crippen LogP contribution is -2.36. The number of hydrogen-bond donors (Lipinski definition) is 1. The molecule has 3 rings (SSSR count). The highest BCUT2D eigenvalue weighted by Crippen LogP contribution is 2.60. The van der Waals surface area contributed by atoms with Crippen LogP contribution >= 0.6 is 0 Å².